The summed E-state index contributed by atoms with van der Waals surface area (Å²) in [5, 5.41) is 0. The normalized spacial score (nSPS) is 18.8. The molecule has 128 valence electrons. The van der Waals surface area contributed by atoms with Crippen molar-refractivity contribution in [2.75, 3.05) is 31.6 Å². The van der Waals surface area contributed by atoms with Crippen LogP contribution in [0.25, 0.3) is 0 Å². The second kappa shape index (κ2) is 7.73. The van der Waals surface area contributed by atoms with Crippen molar-refractivity contribution in [1.29, 1.82) is 0 Å². The fourth-order valence-electron chi connectivity index (χ4n) is 3.27. The van der Waals surface area contributed by atoms with Crippen molar-refractivity contribution in [3.05, 3.63) is 53.6 Å². The molecule has 0 radical (unpaired) electrons. The number of methoxy groups -OCH3 is 1. The second-order valence-corrected chi connectivity index (χ2v) is 6.49. The second-order valence-electron chi connectivity index (χ2n) is 6.49. The molecule has 1 atom stereocenters. The Bertz CT molecular complexity index is 659. The van der Waals surface area contributed by atoms with Crippen LogP contribution in [-0.4, -0.2) is 47.7 Å². The molecule has 1 unspecified atom stereocenters. The van der Waals surface area contributed by atoms with Crippen LogP contribution in [0.1, 0.15) is 23.9 Å². The first-order valence-corrected chi connectivity index (χ1v) is 8.50. The van der Waals surface area contributed by atoms with E-state index in [2.05, 4.69) is 57.9 Å². The average Bonchev–Trinajstić information content (AvgIpc) is 2.59. The number of para-hydroxylation sites is 1. The van der Waals surface area contributed by atoms with Gasteiger partial charge in [-0.15, -0.1) is 0 Å². The van der Waals surface area contributed by atoms with Gasteiger partial charge in [-0.1, -0.05) is 18.2 Å². The van der Waals surface area contributed by atoms with Crippen LogP contribution in [0.2, 0.25) is 0 Å². The first-order chi connectivity index (χ1) is 11.7. The summed E-state index contributed by atoms with van der Waals surface area (Å²) in [4.78, 5) is 13.7. The summed E-state index contributed by atoms with van der Waals surface area (Å²) in [6.45, 7) is 9.00. The fourth-order valence-corrected chi connectivity index (χ4v) is 3.27. The van der Waals surface area contributed by atoms with E-state index in [-0.39, 0.29) is 0 Å². The molecule has 0 spiro atoms. The van der Waals surface area contributed by atoms with Crippen molar-refractivity contribution >= 4 is 5.69 Å². The van der Waals surface area contributed by atoms with Crippen LogP contribution in [0.4, 0.5) is 5.69 Å². The molecule has 24 heavy (non-hydrogen) atoms. The Morgan fingerprint density at radius 1 is 1.17 bits per heavy atom. The number of aryl methyl sites for hydroxylation is 1. The van der Waals surface area contributed by atoms with Crippen LogP contribution in [0.3, 0.4) is 0 Å². The molecule has 1 saturated heterocycles. The molecule has 0 N–H and O–H groups in total. The van der Waals surface area contributed by atoms with Crippen molar-refractivity contribution in [1.82, 2.24) is 14.9 Å². The summed E-state index contributed by atoms with van der Waals surface area (Å²) in [5.74, 6) is 0.735. The van der Waals surface area contributed by atoms with Crippen LogP contribution in [-0.2, 0) is 17.9 Å². The van der Waals surface area contributed by atoms with E-state index in [1.165, 1.54) is 11.3 Å². The summed E-state index contributed by atoms with van der Waals surface area (Å²) in [5.41, 5.74) is 3.86. The SMILES string of the molecule is COCc1ncc(CN2CCN(c3ccccc3C)CC2C)cn1. The average molecular weight is 326 g/mol. The standard InChI is InChI=1S/C19H26N4O/c1-15-6-4-5-7-18(15)23-9-8-22(16(2)12-23)13-17-10-20-19(14-24-3)21-11-17/h4-7,10-11,16H,8-9,12-14H2,1-3H3. The summed E-state index contributed by atoms with van der Waals surface area (Å²) >= 11 is 0. The predicted octanol–water partition coefficient (Wildman–Crippen LogP) is 2.64. The number of rotatable bonds is 5. The molecule has 1 fully saturated rings. The van der Waals surface area contributed by atoms with E-state index in [0.29, 0.717) is 12.6 Å². The Balaban J connectivity index is 1.60. The summed E-state index contributed by atoms with van der Waals surface area (Å²) in [6.07, 6.45) is 3.84. The zero-order valence-corrected chi connectivity index (χ0v) is 14.8. The highest BCUT2D eigenvalue weighted by atomic mass is 16.5. The van der Waals surface area contributed by atoms with Crippen LogP contribution < -0.4 is 4.90 Å². The van der Waals surface area contributed by atoms with Gasteiger partial charge < -0.3 is 9.64 Å². The molecule has 3 rings (SSSR count). The first-order valence-electron chi connectivity index (χ1n) is 8.50. The minimum absolute atomic E-state index is 0.464. The number of aromatic nitrogens is 2. The molecule has 1 aromatic heterocycles. The van der Waals surface area contributed by atoms with E-state index in [1.54, 1.807) is 7.11 Å². The molecule has 1 aromatic carbocycles. The smallest absolute Gasteiger partial charge is 0.153 e. The third-order valence-corrected chi connectivity index (χ3v) is 4.64. The van der Waals surface area contributed by atoms with Crippen LogP contribution in [0.5, 0.6) is 0 Å². The Kier molecular flexibility index (Phi) is 5.43. The van der Waals surface area contributed by atoms with Gasteiger partial charge >= 0.3 is 0 Å². The maximum absolute atomic E-state index is 5.06. The topological polar surface area (TPSA) is 41.5 Å². The van der Waals surface area contributed by atoms with Crippen molar-refractivity contribution < 1.29 is 4.74 Å². The number of nitrogens with zero attached hydrogens (tertiary/aromatic N) is 4. The van der Waals surface area contributed by atoms with Gasteiger partial charge in [0.25, 0.3) is 0 Å². The number of benzene rings is 1. The zero-order chi connectivity index (χ0) is 16.9. The molecule has 5 heteroatoms. The van der Waals surface area contributed by atoms with Gasteiger partial charge in [-0.05, 0) is 25.5 Å². The van der Waals surface area contributed by atoms with Gasteiger partial charge in [-0.3, -0.25) is 4.90 Å². The Hall–Kier alpha value is -1.98. The molecular weight excluding hydrogens is 300 g/mol. The van der Waals surface area contributed by atoms with Crippen LogP contribution in [0, 0.1) is 6.92 Å². The van der Waals surface area contributed by atoms with Gasteiger partial charge in [0.2, 0.25) is 0 Å². The maximum Gasteiger partial charge on any atom is 0.153 e. The van der Waals surface area contributed by atoms with E-state index in [0.717, 1.165) is 37.6 Å². The van der Waals surface area contributed by atoms with Crippen LogP contribution >= 0.6 is 0 Å². The number of hydrogen-bond donors (Lipinski definition) is 0. The summed E-state index contributed by atoms with van der Waals surface area (Å²) in [7, 11) is 1.66. The molecule has 2 aromatic rings. The van der Waals surface area contributed by atoms with E-state index >= 15 is 0 Å². The lowest BCUT2D eigenvalue weighted by atomic mass is 10.1. The van der Waals surface area contributed by atoms with Crippen LogP contribution in [0.15, 0.2) is 36.7 Å². The van der Waals surface area contributed by atoms with Gasteiger partial charge in [0, 0.05) is 63.0 Å². The van der Waals surface area contributed by atoms with E-state index in [1.807, 2.05) is 12.4 Å². The largest absolute Gasteiger partial charge is 0.377 e. The summed E-state index contributed by atoms with van der Waals surface area (Å²) in [6, 6.07) is 9.13. The van der Waals surface area contributed by atoms with Gasteiger partial charge in [0.15, 0.2) is 5.82 Å². The number of hydrogen-bond acceptors (Lipinski definition) is 5. The molecule has 0 bridgehead atoms. The lowest BCUT2D eigenvalue weighted by Gasteiger charge is -2.41. The molecule has 1 aliphatic rings. The number of anilines is 1. The highest BCUT2D eigenvalue weighted by Gasteiger charge is 2.24. The first kappa shape index (κ1) is 16.9. The third-order valence-electron chi connectivity index (χ3n) is 4.64. The van der Waals surface area contributed by atoms with E-state index in [9.17, 15) is 0 Å². The van der Waals surface area contributed by atoms with Gasteiger partial charge in [0.1, 0.15) is 6.61 Å². The number of piperazine rings is 1. The minimum Gasteiger partial charge on any atom is -0.377 e. The molecule has 0 amide bonds. The Morgan fingerprint density at radius 3 is 2.58 bits per heavy atom. The Labute approximate surface area is 144 Å². The molecule has 5 nitrogen and oxygen atoms in total. The van der Waals surface area contributed by atoms with E-state index in [4.69, 9.17) is 4.74 Å². The minimum atomic E-state index is 0.464. The molecule has 2 heterocycles. The predicted molar refractivity (Wildman–Crippen MR) is 96.0 cm³/mol. The number of ether oxygens (including phenoxy) is 1. The van der Waals surface area contributed by atoms with Crippen molar-refractivity contribution in [3.8, 4) is 0 Å². The highest BCUT2D eigenvalue weighted by Crippen LogP contribution is 2.23. The third kappa shape index (κ3) is 3.91. The van der Waals surface area contributed by atoms with E-state index < -0.39 is 0 Å². The molecule has 0 aliphatic carbocycles. The summed E-state index contributed by atoms with van der Waals surface area (Å²) < 4.78 is 5.06. The van der Waals surface area contributed by atoms with Gasteiger partial charge in [-0.2, -0.15) is 0 Å². The zero-order valence-electron chi connectivity index (χ0n) is 14.8. The highest BCUT2D eigenvalue weighted by molar-refractivity contribution is 5.53. The quantitative estimate of drug-likeness (QED) is 0.845. The Morgan fingerprint density at radius 2 is 1.92 bits per heavy atom. The fraction of sp³-hybridized carbons (Fsp3) is 0.474. The molecular formula is C19H26N4O. The van der Waals surface area contributed by atoms with Crippen molar-refractivity contribution in [2.24, 2.45) is 0 Å². The van der Waals surface area contributed by atoms with Crippen molar-refractivity contribution in [2.45, 2.75) is 33.0 Å². The van der Waals surface area contributed by atoms with Gasteiger partial charge in [-0.25, -0.2) is 9.97 Å². The molecule has 0 saturated carbocycles. The van der Waals surface area contributed by atoms with Gasteiger partial charge in [0.05, 0.1) is 0 Å². The lowest BCUT2D eigenvalue weighted by molar-refractivity contribution is 0.175. The molecule has 1 aliphatic heterocycles. The lowest BCUT2D eigenvalue weighted by Crippen LogP contribution is -2.51. The van der Waals surface area contributed by atoms with Crippen molar-refractivity contribution in [3.63, 3.8) is 0 Å². The monoisotopic (exact) mass is 326 g/mol. The maximum atomic E-state index is 5.06.